The van der Waals surface area contributed by atoms with Crippen LogP contribution in [0.3, 0.4) is 0 Å². The quantitative estimate of drug-likeness (QED) is 0.470. The fourth-order valence-corrected chi connectivity index (χ4v) is 0. The first-order valence-corrected chi connectivity index (χ1v) is 3.44. The molecular weight excluding hydrogens is 116 g/mol. The Kier molecular flexibility index (Phi) is 2.51. The summed E-state index contributed by atoms with van der Waals surface area (Å²) in [6, 6.07) is 0. The molecule has 0 aliphatic carbocycles. The van der Waals surface area contributed by atoms with Crippen LogP contribution in [0.15, 0.2) is 0 Å². The monoisotopic (exact) mass is 116 g/mol. The summed E-state index contributed by atoms with van der Waals surface area (Å²) in [5.41, 5.74) is 0. The lowest BCUT2D eigenvalue weighted by Gasteiger charge is -1.61. The van der Waals surface area contributed by atoms with E-state index in [-0.39, 0.29) is 0 Å². The zero-order valence-corrected chi connectivity index (χ0v) is 4.03. The van der Waals surface area contributed by atoms with Gasteiger partial charge in [-0.3, -0.25) is 0 Å². The van der Waals surface area contributed by atoms with Gasteiger partial charge >= 0.3 is 0 Å². The van der Waals surface area contributed by atoms with Crippen LogP contribution in [0.1, 0.15) is 0 Å². The van der Waals surface area contributed by atoms with Gasteiger partial charge in [-0.1, -0.05) is 0 Å². The summed E-state index contributed by atoms with van der Waals surface area (Å²) < 4.78 is 7.66. The van der Waals surface area contributed by atoms with Crippen molar-refractivity contribution >= 4 is 30.8 Å². The van der Waals surface area contributed by atoms with Crippen LogP contribution in [0.25, 0.3) is 0 Å². The minimum atomic E-state index is -1.31. The van der Waals surface area contributed by atoms with Crippen molar-refractivity contribution in [3.8, 4) is 0 Å². The van der Waals surface area contributed by atoms with Gasteiger partial charge in [0.05, 0.1) is 0 Å². The molecule has 0 bridgehead atoms. The van der Waals surface area contributed by atoms with Crippen molar-refractivity contribution in [2.45, 2.75) is 0 Å². The average molecular weight is 117 g/mol. The van der Waals surface area contributed by atoms with E-state index in [1.165, 1.54) is 0 Å². The molecule has 1 nitrogen and oxygen atoms in total. The third kappa shape index (κ3) is 13.9. The highest BCUT2D eigenvalue weighted by Gasteiger charge is 1.58. The number of rotatable bonds is 0. The minimum absolute atomic E-state index is 1.31. The summed E-state index contributed by atoms with van der Waals surface area (Å²) in [6.07, 6.45) is 0. The normalized spacial score (nSPS) is 15.5. The maximum Gasteiger partial charge on any atom is 0.101 e. The smallest absolute Gasteiger partial charge is 0.101 e. The summed E-state index contributed by atoms with van der Waals surface area (Å²) in [7, 11) is 3.37. The maximum atomic E-state index is 7.66. The average Bonchev–Trinajstić information content (AvgIpc) is 0.811. The summed E-state index contributed by atoms with van der Waals surface area (Å²) in [6.45, 7) is 0. The van der Waals surface area contributed by atoms with Crippen LogP contribution in [0.4, 0.5) is 0 Å². The molecule has 0 aromatic rings. The summed E-state index contributed by atoms with van der Waals surface area (Å²) >= 11 is 3.97. The van der Waals surface area contributed by atoms with Crippen molar-refractivity contribution in [1.82, 2.24) is 0 Å². The van der Waals surface area contributed by atoms with Crippen LogP contribution >= 0.6 is 10.7 Å². The number of hydrogen-bond donors (Lipinski definition) is 1. The molecule has 0 aliphatic heterocycles. The molecule has 26 valence electrons. The molecule has 0 radical (unpaired) electrons. The second kappa shape index (κ2) is 2.08. The van der Waals surface area contributed by atoms with Crippen LogP contribution in [0.5, 0.6) is 0 Å². The fraction of sp³-hybridized carbons (Fsp3) is 0. The largest absolute Gasteiger partial charge is 0.315 e. The molecule has 0 saturated heterocycles. The zero-order valence-electron chi connectivity index (χ0n) is 1.64. The molecule has 0 fully saturated rings. The van der Waals surface area contributed by atoms with Crippen molar-refractivity contribution in [3.63, 3.8) is 0 Å². The van der Waals surface area contributed by atoms with E-state index in [2.05, 4.69) is 21.9 Å². The van der Waals surface area contributed by atoms with Crippen LogP contribution in [0.2, 0.25) is 0 Å². The van der Waals surface area contributed by atoms with Gasteiger partial charge in [0, 0.05) is 0 Å². The molecule has 0 heterocycles. The van der Waals surface area contributed by atoms with Gasteiger partial charge in [0.2, 0.25) is 0 Å². The number of halogens is 1. The molecule has 1 unspecified atom stereocenters. The third-order valence-electron chi connectivity index (χ3n) is 0. The van der Waals surface area contributed by atoms with E-state index < -0.39 is 8.95 Å². The Balaban J connectivity index is 2.80. The van der Waals surface area contributed by atoms with E-state index in [1.54, 1.807) is 0 Å². The molecule has 4 heteroatoms. The third-order valence-corrected chi connectivity index (χ3v) is 0. The first kappa shape index (κ1) is 4.82. The Labute approximate surface area is 35.9 Å². The summed E-state index contributed by atoms with van der Waals surface area (Å²) in [5.74, 6) is 0. The molecule has 0 spiro atoms. The Morgan fingerprint density at radius 3 is 2.00 bits per heavy atom. The van der Waals surface area contributed by atoms with E-state index >= 15 is 0 Å². The van der Waals surface area contributed by atoms with Crippen LogP contribution in [-0.4, -0.2) is 4.55 Å². The summed E-state index contributed by atoms with van der Waals surface area (Å²) in [4.78, 5) is 0. The predicted octanol–water partition coefficient (Wildman–Crippen LogP) is 0.693. The van der Waals surface area contributed by atoms with Crippen molar-refractivity contribution < 1.29 is 4.55 Å². The topological polar surface area (TPSA) is 20.2 Å². The Bertz CT molecular complexity index is 29.0. The van der Waals surface area contributed by atoms with E-state index in [9.17, 15) is 0 Å². The molecular formula is HClOS2. The van der Waals surface area contributed by atoms with E-state index in [0.29, 0.717) is 0 Å². The molecule has 0 aliphatic rings. The predicted molar refractivity (Wildman–Crippen MR) is 23.2 cm³/mol. The molecule has 0 rings (SSSR count). The lowest BCUT2D eigenvalue weighted by Crippen LogP contribution is -1.56. The SMILES string of the molecule is OS(=S)Cl. The highest BCUT2D eigenvalue weighted by atomic mass is 35.7. The van der Waals surface area contributed by atoms with E-state index in [0.717, 1.165) is 0 Å². The fourth-order valence-electron chi connectivity index (χ4n) is 0. The van der Waals surface area contributed by atoms with Crippen LogP contribution in [0, 0.1) is 0 Å². The van der Waals surface area contributed by atoms with E-state index in [4.69, 9.17) is 4.55 Å². The number of hydrogen-bond acceptors (Lipinski definition) is 1. The van der Waals surface area contributed by atoms with Gasteiger partial charge in [0.25, 0.3) is 0 Å². The van der Waals surface area contributed by atoms with Gasteiger partial charge in [-0.05, 0) is 21.9 Å². The van der Waals surface area contributed by atoms with Gasteiger partial charge in [0.15, 0.2) is 0 Å². The minimum Gasteiger partial charge on any atom is -0.315 e. The van der Waals surface area contributed by atoms with Gasteiger partial charge in [0.1, 0.15) is 8.95 Å². The second-order valence-corrected chi connectivity index (χ2v) is 2.99. The molecule has 0 aromatic heterocycles. The standard InChI is InChI=1S/ClHOS2/c1-4(2)3/h(H,2,3). The van der Waals surface area contributed by atoms with Crippen molar-refractivity contribution in [3.05, 3.63) is 0 Å². The first-order valence-electron chi connectivity index (χ1n) is 0.504. The van der Waals surface area contributed by atoms with Crippen LogP contribution < -0.4 is 0 Å². The van der Waals surface area contributed by atoms with Gasteiger partial charge in [-0.2, -0.15) is 0 Å². The molecule has 0 saturated carbocycles. The second-order valence-electron chi connectivity index (χ2n) is 0.207. The maximum absolute atomic E-state index is 7.66. The highest BCUT2D eigenvalue weighted by Crippen LogP contribution is 1.74. The molecule has 0 aromatic carbocycles. The van der Waals surface area contributed by atoms with Gasteiger partial charge in [-0.25, -0.2) is 0 Å². The summed E-state index contributed by atoms with van der Waals surface area (Å²) in [5, 5.41) is 0. The van der Waals surface area contributed by atoms with Crippen LogP contribution in [-0.2, 0) is 20.1 Å². The Hall–Kier alpha value is 0.820. The van der Waals surface area contributed by atoms with Crippen molar-refractivity contribution in [2.75, 3.05) is 0 Å². The lowest BCUT2D eigenvalue weighted by atomic mass is 15.9. The molecule has 1 atom stereocenters. The first-order chi connectivity index (χ1) is 1.73. The molecule has 1 N–H and O–H groups in total. The van der Waals surface area contributed by atoms with Crippen molar-refractivity contribution in [1.29, 1.82) is 0 Å². The lowest BCUT2D eigenvalue weighted by molar-refractivity contribution is 0.668. The highest BCUT2D eigenvalue weighted by molar-refractivity contribution is 8.38. The van der Waals surface area contributed by atoms with Gasteiger partial charge < -0.3 is 4.55 Å². The Morgan fingerprint density at radius 2 is 2.00 bits per heavy atom. The van der Waals surface area contributed by atoms with Gasteiger partial charge in [-0.15, -0.1) is 0 Å². The molecule has 4 heavy (non-hydrogen) atoms. The zero-order chi connectivity index (χ0) is 3.58. The van der Waals surface area contributed by atoms with E-state index in [1.807, 2.05) is 0 Å². The van der Waals surface area contributed by atoms with Crippen molar-refractivity contribution in [2.24, 2.45) is 0 Å². The molecule has 0 amide bonds. The Morgan fingerprint density at radius 1 is 2.00 bits per heavy atom.